The summed E-state index contributed by atoms with van der Waals surface area (Å²) in [6.45, 7) is 1.60. The van der Waals surface area contributed by atoms with Crippen molar-refractivity contribution in [2.24, 2.45) is 0 Å². The van der Waals surface area contributed by atoms with E-state index in [0.29, 0.717) is 11.6 Å². The quantitative estimate of drug-likeness (QED) is 0.851. The predicted molar refractivity (Wildman–Crippen MR) is 74.3 cm³/mol. The van der Waals surface area contributed by atoms with Crippen molar-refractivity contribution < 1.29 is 22.4 Å². The molecule has 8 heteroatoms. The fourth-order valence-electron chi connectivity index (χ4n) is 1.93. The Morgan fingerprint density at radius 1 is 1.13 bits per heavy atom. The van der Waals surface area contributed by atoms with Crippen molar-refractivity contribution in [3.63, 3.8) is 0 Å². The number of rotatable bonds is 3. The molecule has 2 N–H and O–H groups in total. The zero-order valence-corrected chi connectivity index (χ0v) is 11.9. The Morgan fingerprint density at radius 2 is 1.74 bits per heavy atom. The number of aromatic amines is 1. The number of carbonyl (C=O) groups excluding carboxylic acids is 1. The van der Waals surface area contributed by atoms with E-state index >= 15 is 0 Å². The summed E-state index contributed by atoms with van der Waals surface area (Å²) in [6, 6.07) is 6.22. The third kappa shape index (κ3) is 3.97. The number of halogens is 4. The van der Waals surface area contributed by atoms with E-state index in [-0.39, 0.29) is 0 Å². The van der Waals surface area contributed by atoms with Crippen molar-refractivity contribution in [3.05, 3.63) is 69.4 Å². The number of hydrogen-bond acceptors (Lipinski definition) is 2. The molecule has 1 atom stereocenters. The number of aromatic nitrogens is 1. The molecule has 0 spiro atoms. The summed E-state index contributed by atoms with van der Waals surface area (Å²) in [7, 11) is 0. The highest BCUT2D eigenvalue weighted by Gasteiger charge is 2.32. The van der Waals surface area contributed by atoms with Gasteiger partial charge in [-0.2, -0.15) is 13.2 Å². The number of hydrogen-bond donors (Lipinski definition) is 2. The van der Waals surface area contributed by atoms with Crippen LogP contribution in [0.2, 0.25) is 0 Å². The Hall–Kier alpha value is -2.64. The molecule has 0 aliphatic rings. The molecule has 0 bridgehead atoms. The molecule has 1 heterocycles. The number of carbonyl (C=O) groups is 1. The van der Waals surface area contributed by atoms with Crippen LogP contribution in [0.1, 0.15) is 34.6 Å². The fraction of sp³-hybridized carbons (Fsp3) is 0.200. The van der Waals surface area contributed by atoms with Crippen molar-refractivity contribution >= 4 is 5.91 Å². The summed E-state index contributed by atoms with van der Waals surface area (Å²) in [5, 5.41) is 2.47. The predicted octanol–water partition coefficient (Wildman–Crippen LogP) is 3.02. The first-order valence-corrected chi connectivity index (χ1v) is 6.55. The smallest absolute Gasteiger partial charge is 0.345 e. The summed E-state index contributed by atoms with van der Waals surface area (Å²) in [4.78, 5) is 25.2. The van der Waals surface area contributed by atoms with Gasteiger partial charge in [0.1, 0.15) is 17.1 Å². The lowest BCUT2D eigenvalue weighted by molar-refractivity contribution is -0.141. The van der Waals surface area contributed by atoms with Gasteiger partial charge in [-0.05, 0) is 36.8 Å². The highest BCUT2D eigenvalue weighted by Crippen LogP contribution is 2.26. The molecule has 2 aromatic rings. The van der Waals surface area contributed by atoms with Crippen LogP contribution >= 0.6 is 0 Å². The molecule has 4 nitrogen and oxygen atoms in total. The van der Waals surface area contributed by atoms with Crippen LogP contribution < -0.4 is 10.9 Å². The summed E-state index contributed by atoms with van der Waals surface area (Å²) in [6.07, 6.45) is -4.70. The molecule has 0 fully saturated rings. The van der Waals surface area contributed by atoms with Gasteiger partial charge in [-0.1, -0.05) is 12.1 Å². The minimum atomic E-state index is -4.70. The molecule has 1 aromatic heterocycles. The SMILES string of the molecule is CC(NC(=O)c1ccc(C(F)(F)F)[nH]c1=O)c1ccc(F)cc1. The average molecular weight is 328 g/mol. The summed E-state index contributed by atoms with van der Waals surface area (Å²) < 4.78 is 50.2. The first-order valence-electron chi connectivity index (χ1n) is 6.55. The molecule has 122 valence electrons. The van der Waals surface area contributed by atoms with E-state index in [0.717, 1.165) is 6.07 Å². The van der Waals surface area contributed by atoms with Crippen LogP contribution in [-0.4, -0.2) is 10.9 Å². The molecule has 0 saturated carbocycles. The van der Waals surface area contributed by atoms with Gasteiger partial charge in [-0.25, -0.2) is 4.39 Å². The van der Waals surface area contributed by atoms with Crippen LogP contribution in [0.3, 0.4) is 0 Å². The van der Waals surface area contributed by atoms with E-state index in [1.54, 1.807) is 11.9 Å². The average Bonchev–Trinajstić information content (AvgIpc) is 2.46. The maximum atomic E-state index is 12.8. The van der Waals surface area contributed by atoms with Crippen LogP contribution in [0.15, 0.2) is 41.2 Å². The Kier molecular flexibility index (Phi) is 4.53. The molecular formula is C15H12F4N2O2. The van der Waals surface area contributed by atoms with Crippen molar-refractivity contribution in [1.29, 1.82) is 0 Å². The molecule has 23 heavy (non-hydrogen) atoms. The van der Waals surface area contributed by atoms with E-state index in [1.165, 1.54) is 24.3 Å². The highest BCUT2D eigenvalue weighted by atomic mass is 19.4. The van der Waals surface area contributed by atoms with Crippen molar-refractivity contribution in [3.8, 4) is 0 Å². The second-order valence-electron chi connectivity index (χ2n) is 4.86. The number of benzene rings is 1. The van der Waals surface area contributed by atoms with Gasteiger partial charge < -0.3 is 10.3 Å². The highest BCUT2D eigenvalue weighted by molar-refractivity contribution is 5.94. The number of alkyl halides is 3. The zero-order valence-electron chi connectivity index (χ0n) is 11.9. The van der Waals surface area contributed by atoms with Gasteiger partial charge in [0, 0.05) is 0 Å². The summed E-state index contributed by atoms with van der Waals surface area (Å²) in [5.41, 5.74) is -2.22. The molecule has 0 aliphatic heterocycles. The van der Waals surface area contributed by atoms with Gasteiger partial charge in [0.2, 0.25) is 0 Å². The third-order valence-electron chi connectivity index (χ3n) is 3.18. The number of nitrogens with one attached hydrogen (secondary N) is 2. The van der Waals surface area contributed by atoms with E-state index < -0.39 is 40.8 Å². The van der Waals surface area contributed by atoms with Crippen molar-refractivity contribution in [2.75, 3.05) is 0 Å². The maximum Gasteiger partial charge on any atom is 0.431 e. The van der Waals surface area contributed by atoms with Crippen LogP contribution in [0.25, 0.3) is 0 Å². The minimum absolute atomic E-state index is 0.438. The Morgan fingerprint density at radius 3 is 2.26 bits per heavy atom. The van der Waals surface area contributed by atoms with Crippen LogP contribution in [0, 0.1) is 5.82 Å². The monoisotopic (exact) mass is 328 g/mol. The van der Waals surface area contributed by atoms with E-state index in [1.807, 2.05) is 0 Å². The summed E-state index contributed by atoms with van der Waals surface area (Å²) >= 11 is 0. The molecule has 2 rings (SSSR count). The minimum Gasteiger partial charge on any atom is -0.345 e. The lowest BCUT2D eigenvalue weighted by atomic mass is 10.1. The largest absolute Gasteiger partial charge is 0.431 e. The van der Waals surface area contributed by atoms with Gasteiger partial charge in [0.25, 0.3) is 11.5 Å². The van der Waals surface area contributed by atoms with Crippen molar-refractivity contribution in [2.45, 2.75) is 19.1 Å². The molecule has 1 aromatic carbocycles. The number of pyridine rings is 1. The van der Waals surface area contributed by atoms with Crippen LogP contribution in [0.5, 0.6) is 0 Å². The van der Waals surface area contributed by atoms with Gasteiger partial charge in [-0.3, -0.25) is 9.59 Å². The van der Waals surface area contributed by atoms with Gasteiger partial charge in [-0.15, -0.1) is 0 Å². The first-order chi connectivity index (χ1) is 10.7. The zero-order chi connectivity index (χ0) is 17.2. The Balaban J connectivity index is 2.18. The molecule has 0 saturated heterocycles. The molecule has 0 aliphatic carbocycles. The Bertz CT molecular complexity index is 766. The third-order valence-corrected chi connectivity index (χ3v) is 3.18. The molecule has 0 radical (unpaired) electrons. The lowest BCUT2D eigenvalue weighted by Gasteiger charge is -2.14. The second-order valence-corrected chi connectivity index (χ2v) is 4.86. The van der Waals surface area contributed by atoms with E-state index in [2.05, 4.69) is 5.32 Å². The normalized spacial score (nSPS) is 12.7. The van der Waals surface area contributed by atoms with Crippen LogP contribution in [0.4, 0.5) is 17.6 Å². The fourth-order valence-corrected chi connectivity index (χ4v) is 1.93. The van der Waals surface area contributed by atoms with E-state index in [9.17, 15) is 27.2 Å². The standard InChI is InChI=1S/C15H12F4N2O2/c1-8(9-2-4-10(16)5-3-9)20-13(22)11-6-7-12(15(17,18)19)21-14(11)23/h2-8H,1H3,(H,20,22)(H,21,23). The van der Waals surface area contributed by atoms with E-state index in [4.69, 9.17) is 0 Å². The molecular weight excluding hydrogens is 316 g/mol. The molecule has 1 unspecified atom stereocenters. The first kappa shape index (κ1) is 16.7. The van der Waals surface area contributed by atoms with Crippen LogP contribution in [-0.2, 0) is 6.18 Å². The number of H-pyrrole nitrogens is 1. The van der Waals surface area contributed by atoms with Gasteiger partial charge in [0.05, 0.1) is 6.04 Å². The maximum absolute atomic E-state index is 12.8. The second kappa shape index (κ2) is 6.23. The Labute approximate surface area is 128 Å². The van der Waals surface area contributed by atoms with Gasteiger partial charge >= 0.3 is 6.18 Å². The topological polar surface area (TPSA) is 62.0 Å². The lowest BCUT2D eigenvalue weighted by Crippen LogP contribution is -2.32. The molecule has 1 amide bonds. The number of amides is 1. The van der Waals surface area contributed by atoms with Crippen molar-refractivity contribution in [1.82, 2.24) is 10.3 Å². The summed E-state index contributed by atoms with van der Waals surface area (Å²) in [5.74, 6) is -1.26. The van der Waals surface area contributed by atoms with Gasteiger partial charge in [0.15, 0.2) is 0 Å².